The Morgan fingerprint density at radius 1 is 0.957 bits per heavy atom. The van der Waals surface area contributed by atoms with Crippen molar-refractivity contribution in [3.63, 3.8) is 0 Å². The Bertz CT molecular complexity index is 710. The van der Waals surface area contributed by atoms with Crippen molar-refractivity contribution in [2.75, 3.05) is 13.1 Å². The number of halogens is 1. The Morgan fingerprint density at radius 3 is 2.26 bits per heavy atom. The van der Waals surface area contributed by atoms with Crippen LogP contribution in [0.5, 0.6) is 0 Å². The molecule has 3 rings (SSSR count). The van der Waals surface area contributed by atoms with E-state index in [1.165, 1.54) is 5.57 Å². The lowest BCUT2D eigenvalue weighted by Gasteiger charge is -2.20. The van der Waals surface area contributed by atoms with Gasteiger partial charge in [0.05, 0.1) is 5.69 Å². The first-order valence-electron chi connectivity index (χ1n) is 7.82. The number of para-hydroxylation sites is 1. The first kappa shape index (κ1) is 16.0. The molecule has 2 aromatic rings. The summed E-state index contributed by atoms with van der Waals surface area (Å²) in [6.45, 7) is 1.99. The minimum absolute atomic E-state index is 0.593. The number of aliphatic imine (C=N–C) groups is 1. The van der Waals surface area contributed by atoms with Crippen molar-refractivity contribution >= 4 is 33.0 Å². The number of amidine groups is 1. The number of piperidine rings is 1. The Kier molecular flexibility index (Phi) is 5.26. The lowest BCUT2D eigenvalue weighted by Crippen LogP contribution is -2.26. The van der Waals surface area contributed by atoms with Crippen molar-refractivity contribution < 1.29 is 0 Å². The largest absolute Gasteiger partial charge is 0.383 e. The second kappa shape index (κ2) is 7.57. The molecule has 23 heavy (non-hydrogen) atoms. The van der Waals surface area contributed by atoms with Crippen LogP contribution in [0, 0.1) is 0 Å². The molecule has 3 N–H and O–H groups in total. The average molecular weight is 370 g/mol. The highest BCUT2D eigenvalue weighted by molar-refractivity contribution is 9.10. The van der Waals surface area contributed by atoms with Crippen LogP contribution in [0.4, 0.5) is 5.69 Å². The molecule has 3 nitrogen and oxygen atoms in total. The van der Waals surface area contributed by atoms with E-state index < -0.39 is 0 Å². The fourth-order valence-electron chi connectivity index (χ4n) is 2.83. The fourth-order valence-corrected chi connectivity index (χ4v) is 3.09. The van der Waals surface area contributed by atoms with Gasteiger partial charge in [0.25, 0.3) is 0 Å². The minimum Gasteiger partial charge on any atom is -0.383 e. The summed E-state index contributed by atoms with van der Waals surface area (Å²) >= 11 is 3.49. The van der Waals surface area contributed by atoms with E-state index in [0.717, 1.165) is 47.2 Å². The molecule has 1 saturated heterocycles. The van der Waals surface area contributed by atoms with Crippen LogP contribution in [0.2, 0.25) is 0 Å². The second-order valence-electron chi connectivity index (χ2n) is 5.57. The van der Waals surface area contributed by atoms with Crippen LogP contribution in [0.15, 0.2) is 69.6 Å². The van der Waals surface area contributed by atoms with Gasteiger partial charge in [-0.25, -0.2) is 4.99 Å². The highest BCUT2D eigenvalue weighted by Gasteiger charge is 2.16. The summed E-state index contributed by atoms with van der Waals surface area (Å²) in [6, 6.07) is 18.2. The normalized spacial score (nSPS) is 15.5. The van der Waals surface area contributed by atoms with Crippen molar-refractivity contribution in [3.8, 4) is 0 Å². The molecule has 0 radical (unpaired) electrons. The number of rotatable bonds is 3. The number of nitrogens with one attached hydrogen (secondary N) is 1. The van der Waals surface area contributed by atoms with Crippen molar-refractivity contribution in [1.82, 2.24) is 5.32 Å². The maximum Gasteiger partial charge on any atom is 0.131 e. The lowest BCUT2D eigenvalue weighted by atomic mass is 9.93. The topological polar surface area (TPSA) is 50.4 Å². The van der Waals surface area contributed by atoms with E-state index in [1.54, 1.807) is 0 Å². The van der Waals surface area contributed by atoms with Crippen LogP contribution in [0.25, 0.3) is 5.57 Å². The van der Waals surface area contributed by atoms with Crippen LogP contribution in [-0.4, -0.2) is 18.9 Å². The molecule has 1 heterocycles. The molecule has 0 atom stereocenters. The predicted octanol–water partition coefficient (Wildman–Crippen LogP) is 4.28. The van der Waals surface area contributed by atoms with Gasteiger partial charge in [-0.2, -0.15) is 0 Å². The number of hydrogen-bond donors (Lipinski definition) is 2. The second-order valence-corrected chi connectivity index (χ2v) is 6.48. The van der Waals surface area contributed by atoms with Gasteiger partial charge in [-0.1, -0.05) is 51.8 Å². The molecular formula is C19H20BrN3. The van der Waals surface area contributed by atoms with Gasteiger partial charge in [-0.15, -0.1) is 0 Å². The van der Waals surface area contributed by atoms with Crippen molar-refractivity contribution in [2.24, 2.45) is 10.7 Å². The van der Waals surface area contributed by atoms with E-state index in [1.807, 2.05) is 42.5 Å². The number of nitrogens with zero attached hydrogens (tertiary/aromatic N) is 1. The Morgan fingerprint density at radius 2 is 1.61 bits per heavy atom. The van der Waals surface area contributed by atoms with E-state index in [-0.39, 0.29) is 0 Å². The molecule has 1 aliphatic rings. The Labute approximate surface area is 145 Å². The number of benzene rings is 2. The van der Waals surface area contributed by atoms with E-state index in [9.17, 15) is 0 Å². The van der Waals surface area contributed by atoms with E-state index in [0.29, 0.717) is 5.84 Å². The molecule has 2 aromatic carbocycles. The Balaban J connectivity index is 2.04. The zero-order valence-electron chi connectivity index (χ0n) is 12.9. The maximum atomic E-state index is 6.41. The van der Waals surface area contributed by atoms with E-state index in [2.05, 4.69) is 38.4 Å². The number of hydrogen-bond acceptors (Lipinski definition) is 2. The van der Waals surface area contributed by atoms with E-state index in [4.69, 9.17) is 5.73 Å². The third-order valence-electron chi connectivity index (χ3n) is 3.96. The maximum absolute atomic E-state index is 6.41. The summed E-state index contributed by atoms with van der Waals surface area (Å²) in [5, 5.41) is 3.40. The first-order chi connectivity index (χ1) is 11.2. The Hall–Kier alpha value is -1.91. The zero-order valence-corrected chi connectivity index (χ0v) is 14.5. The molecule has 0 saturated carbocycles. The van der Waals surface area contributed by atoms with E-state index >= 15 is 0 Å². The molecule has 1 fully saturated rings. The van der Waals surface area contributed by atoms with Crippen molar-refractivity contribution in [1.29, 1.82) is 0 Å². The van der Waals surface area contributed by atoms with Crippen molar-refractivity contribution in [2.45, 2.75) is 12.8 Å². The van der Waals surface area contributed by atoms with Crippen LogP contribution in [0.1, 0.15) is 18.4 Å². The first-order valence-corrected chi connectivity index (χ1v) is 8.61. The van der Waals surface area contributed by atoms with Crippen molar-refractivity contribution in [3.05, 3.63) is 70.2 Å². The SMILES string of the molecule is NC(=Nc1ccccc1)C(=C1CCNCC1)c1ccc(Br)cc1. The summed E-state index contributed by atoms with van der Waals surface area (Å²) in [7, 11) is 0. The van der Waals surface area contributed by atoms with Gasteiger partial charge in [0, 0.05) is 10.0 Å². The van der Waals surface area contributed by atoms with Crippen LogP contribution < -0.4 is 11.1 Å². The molecule has 4 heteroatoms. The molecule has 1 aliphatic heterocycles. The van der Waals surface area contributed by atoms with Gasteiger partial charge >= 0.3 is 0 Å². The summed E-state index contributed by atoms with van der Waals surface area (Å²) in [6.07, 6.45) is 2.02. The quantitative estimate of drug-likeness (QED) is 0.626. The van der Waals surface area contributed by atoms with Gasteiger partial charge in [0.1, 0.15) is 5.84 Å². The highest BCUT2D eigenvalue weighted by Crippen LogP contribution is 2.27. The molecule has 0 aliphatic carbocycles. The van der Waals surface area contributed by atoms with Crippen LogP contribution >= 0.6 is 15.9 Å². The fraction of sp³-hybridized carbons (Fsp3) is 0.211. The molecule has 118 valence electrons. The van der Waals surface area contributed by atoms with Gasteiger partial charge in [0.2, 0.25) is 0 Å². The highest BCUT2D eigenvalue weighted by atomic mass is 79.9. The lowest BCUT2D eigenvalue weighted by molar-refractivity contribution is 0.612. The summed E-state index contributed by atoms with van der Waals surface area (Å²) in [5.74, 6) is 0.593. The summed E-state index contributed by atoms with van der Waals surface area (Å²) < 4.78 is 1.06. The smallest absolute Gasteiger partial charge is 0.131 e. The zero-order chi connectivity index (χ0) is 16.1. The van der Waals surface area contributed by atoms with Gasteiger partial charge < -0.3 is 11.1 Å². The minimum atomic E-state index is 0.593. The molecule has 0 unspecified atom stereocenters. The summed E-state index contributed by atoms with van der Waals surface area (Å²) in [4.78, 5) is 4.64. The van der Waals surface area contributed by atoms with Gasteiger partial charge in [-0.05, 0) is 55.8 Å². The third kappa shape index (κ3) is 4.09. The standard InChI is InChI=1S/C19H20BrN3/c20-16-8-6-14(7-9-16)18(15-10-12-22-13-11-15)19(21)23-17-4-2-1-3-5-17/h1-9,22H,10-13H2,(H2,21,23). The van der Waals surface area contributed by atoms with Crippen LogP contribution in [-0.2, 0) is 0 Å². The predicted molar refractivity (Wildman–Crippen MR) is 101 cm³/mol. The molecule has 0 bridgehead atoms. The number of nitrogens with two attached hydrogens (primary N) is 1. The van der Waals surface area contributed by atoms with Crippen LogP contribution in [0.3, 0.4) is 0 Å². The average Bonchev–Trinajstić information content (AvgIpc) is 2.59. The molecule has 0 amide bonds. The monoisotopic (exact) mass is 369 g/mol. The van der Waals surface area contributed by atoms with Gasteiger partial charge in [-0.3, -0.25) is 0 Å². The molecule has 0 aromatic heterocycles. The summed E-state index contributed by atoms with van der Waals surface area (Å²) in [5.41, 5.74) is 10.9. The molecule has 0 spiro atoms. The third-order valence-corrected chi connectivity index (χ3v) is 4.48. The molecular weight excluding hydrogens is 350 g/mol. The van der Waals surface area contributed by atoms with Gasteiger partial charge in [0.15, 0.2) is 0 Å².